The van der Waals surface area contributed by atoms with Gasteiger partial charge in [0, 0.05) is 12.1 Å². The molecule has 2 rings (SSSR count). The van der Waals surface area contributed by atoms with E-state index in [0.717, 1.165) is 5.56 Å². The minimum atomic E-state index is -0.938. The highest BCUT2D eigenvalue weighted by Gasteiger charge is 2.19. The molecule has 0 aromatic heterocycles. The molecule has 138 valence electrons. The Morgan fingerprint density at radius 1 is 1.15 bits per heavy atom. The number of carboxylic acid groups (broad SMARTS) is 1. The van der Waals surface area contributed by atoms with Gasteiger partial charge in [0.2, 0.25) is 5.91 Å². The van der Waals surface area contributed by atoms with Gasteiger partial charge in [0.25, 0.3) is 0 Å². The zero-order valence-corrected chi connectivity index (χ0v) is 15.3. The van der Waals surface area contributed by atoms with Crippen LogP contribution in [0.3, 0.4) is 0 Å². The fourth-order valence-electron chi connectivity index (χ4n) is 2.62. The number of nitrogens with one attached hydrogen (secondary N) is 1. The third-order valence-corrected chi connectivity index (χ3v) is 4.21. The van der Waals surface area contributed by atoms with Crippen molar-refractivity contribution in [2.24, 2.45) is 5.92 Å². The summed E-state index contributed by atoms with van der Waals surface area (Å²) in [5.74, 6) is -1.41. The molecular formula is C20H22ClNO4. The number of para-hydroxylation sites is 1. The highest BCUT2D eigenvalue weighted by molar-refractivity contribution is 6.32. The minimum absolute atomic E-state index is 0.0631. The van der Waals surface area contributed by atoms with Crippen molar-refractivity contribution in [3.63, 3.8) is 0 Å². The van der Waals surface area contributed by atoms with Gasteiger partial charge in [-0.3, -0.25) is 9.59 Å². The van der Waals surface area contributed by atoms with Crippen LogP contribution in [0.4, 0.5) is 0 Å². The normalized spacial score (nSPS) is 11.6. The summed E-state index contributed by atoms with van der Waals surface area (Å²) in [5, 5.41) is 12.6. The Hall–Kier alpha value is -2.53. The van der Waals surface area contributed by atoms with Gasteiger partial charge in [0.05, 0.1) is 24.0 Å². The number of ether oxygens (including phenoxy) is 1. The van der Waals surface area contributed by atoms with Crippen molar-refractivity contribution < 1.29 is 19.4 Å². The Kier molecular flexibility index (Phi) is 7.48. The van der Waals surface area contributed by atoms with E-state index in [9.17, 15) is 14.7 Å². The molecule has 2 aromatic rings. The van der Waals surface area contributed by atoms with Crippen LogP contribution in [-0.4, -0.2) is 30.1 Å². The van der Waals surface area contributed by atoms with Crippen LogP contribution in [-0.2, 0) is 22.4 Å². The molecule has 0 spiro atoms. The van der Waals surface area contributed by atoms with Crippen LogP contribution in [0.15, 0.2) is 48.5 Å². The minimum Gasteiger partial charge on any atom is -0.492 e. The molecular weight excluding hydrogens is 354 g/mol. The number of halogens is 1. The second-order valence-corrected chi connectivity index (χ2v) is 6.27. The first-order valence-corrected chi connectivity index (χ1v) is 8.82. The van der Waals surface area contributed by atoms with E-state index in [0.29, 0.717) is 29.4 Å². The van der Waals surface area contributed by atoms with E-state index in [1.54, 1.807) is 18.2 Å². The number of hydrogen-bond donors (Lipinski definition) is 2. The van der Waals surface area contributed by atoms with Crippen LogP contribution >= 0.6 is 11.6 Å². The van der Waals surface area contributed by atoms with E-state index in [1.165, 1.54) is 0 Å². The fraction of sp³-hybridized carbons (Fsp3) is 0.300. The Bertz CT molecular complexity index is 749. The number of aliphatic carboxylic acids is 1. The van der Waals surface area contributed by atoms with E-state index >= 15 is 0 Å². The van der Waals surface area contributed by atoms with Gasteiger partial charge in [0.1, 0.15) is 5.75 Å². The number of benzene rings is 2. The van der Waals surface area contributed by atoms with Crippen molar-refractivity contribution in [1.82, 2.24) is 5.32 Å². The van der Waals surface area contributed by atoms with Gasteiger partial charge < -0.3 is 15.2 Å². The molecule has 5 nitrogen and oxygen atoms in total. The number of carbonyl (C=O) groups is 2. The van der Waals surface area contributed by atoms with Crippen molar-refractivity contribution >= 4 is 23.5 Å². The molecule has 2 N–H and O–H groups in total. The van der Waals surface area contributed by atoms with Gasteiger partial charge in [-0.1, -0.05) is 54.1 Å². The molecule has 0 heterocycles. The molecule has 1 amide bonds. The number of carbonyl (C=O) groups excluding carboxylic acids is 1. The summed E-state index contributed by atoms with van der Waals surface area (Å²) in [4.78, 5) is 23.7. The number of hydrogen-bond acceptors (Lipinski definition) is 3. The first kappa shape index (κ1) is 19.8. The van der Waals surface area contributed by atoms with Gasteiger partial charge in [0.15, 0.2) is 0 Å². The molecule has 0 radical (unpaired) electrons. The highest BCUT2D eigenvalue weighted by Crippen LogP contribution is 2.29. The van der Waals surface area contributed by atoms with E-state index in [1.807, 2.05) is 37.3 Å². The molecule has 0 aliphatic heterocycles. The molecule has 0 aliphatic carbocycles. The first-order valence-electron chi connectivity index (χ1n) is 8.44. The summed E-state index contributed by atoms with van der Waals surface area (Å²) in [6.07, 6.45) is 0.436. The molecule has 0 saturated heterocycles. The standard InChI is InChI=1S/C20H22ClNO4/c1-2-26-19-15(9-6-10-17(19)21)12-18(23)22-13-16(20(24)25)11-14-7-4-3-5-8-14/h3-10,16H,2,11-13H2,1H3,(H,22,23)(H,24,25). The molecule has 0 saturated carbocycles. The van der Waals surface area contributed by atoms with Crippen LogP contribution in [0.2, 0.25) is 5.02 Å². The Morgan fingerprint density at radius 2 is 1.88 bits per heavy atom. The van der Waals surface area contributed by atoms with Gasteiger partial charge in [-0.2, -0.15) is 0 Å². The van der Waals surface area contributed by atoms with E-state index in [-0.39, 0.29) is 18.9 Å². The van der Waals surface area contributed by atoms with Gasteiger partial charge in [-0.05, 0) is 25.0 Å². The molecule has 0 bridgehead atoms. The summed E-state index contributed by atoms with van der Waals surface area (Å²) in [6.45, 7) is 2.35. The third kappa shape index (κ3) is 5.77. The second kappa shape index (κ2) is 9.82. The van der Waals surface area contributed by atoms with Crippen LogP contribution in [0.25, 0.3) is 0 Å². The maximum atomic E-state index is 12.3. The van der Waals surface area contributed by atoms with Gasteiger partial charge in [-0.25, -0.2) is 0 Å². The number of carboxylic acids is 1. The van der Waals surface area contributed by atoms with Crippen LogP contribution in [0.5, 0.6) is 5.75 Å². The van der Waals surface area contributed by atoms with Gasteiger partial charge in [-0.15, -0.1) is 0 Å². The monoisotopic (exact) mass is 375 g/mol. The van der Waals surface area contributed by atoms with E-state index < -0.39 is 11.9 Å². The number of rotatable bonds is 9. The maximum absolute atomic E-state index is 12.3. The zero-order valence-electron chi connectivity index (χ0n) is 14.6. The number of amides is 1. The van der Waals surface area contributed by atoms with Gasteiger partial charge >= 0.3 is 5.97 Å². The highest BCUT2D eigenvalue weighted by atomic mass is 35.5. The van der Waals surface area contributed by atoms with Crippen molar-refractivity contribution in [3.05, 3.63) is 64.7 Å². The maximum Gasteiger partial charge on any atom is 0.308 e. The molecule has 1 atom stereocenters. The third-order valence-electron chi connectivity index (χ3n) is 3.91. The smallest absolute Gasteiger partial charge is 0.308 e. The summed E-state index contributed by atoms with van der Waals surface area (Å²) in [6, 6.07) is 14.6. The van der Waals surface area contributed by atoms with E-state index in [4.69, 9.17) is 16.3 Å². The molecule has 2 aromatic carbocycles. The largest absolute Gasteiger partial charge is 0.492 e. The molecule has 26 heavy (non-hydrogen) atoms. The molecule has 0 aliphatic rings. The average Bonchev–Trinajstić information content (AvgIpc) is 2.62. The summed E-state index contributed by atoms with van der Waals surface area (Å²) >= 11 is 6.12. The lowest BCUT2D eigenvalue weighted by molar-refractivity contribution is -0.141. The zero-order chi connectivity index (χ0) is 18.9. The van der Waals surface area contributed by atoms with Crippen molar-refractivity contribution in [2.75, 3.05) is 13.2 Å². The Balaban J connectivity index is 1.96. The molecule has 0 fully saturated rings. The summed E-state index contributed by atoms with van der Waals surface area (Å²) in [5.41, 5.74) is 1.59. The Morgan fingerprint density at radius 3 is 2.54 bits per heavy atom. The lowest BCUT2D eigenvalue weighted by Gasteiger charge is -2.15. The SMILES string of the molecule is CCOc1c(Cl)cccc1CC(=O)NCC(Cc1ccccc1)C(=O)O. The first-order chi connectivity index (χ1) is 12.5. The second-order valence-electron chi connectivity index (χ2n) is 5.87. The van der Waals surface area contributed by atoms with Crippen molar-refractivity contribution in [1.29, 1.82) is 0 Å². The van der Waals surface area contributed by atoms with Crippen LogP contribution in [0, 0.1) is 5.92 Å². The average molecular weight is 376 g/mol. The predicted molar refractivity (Wildman–Crippen MR) is 101 cm³/mol. The molecule has 1 unspecified atom stereocenters. The lowest BCUT2D eigenvalue weighted by atomic mass is 9.99. The topological polar surface area (TPSA) is 75.6 Å². The molecule has 6 heteroatoms. The van der Waals surface area contributed by atoms with E-state index in [2.05, 4.69) is 5.32 Å². The fourth-order valence-corrected chi connectivity index (χ4v) is 2.87. The van der Waals surface area contributed by atoms with Crippen LogP contribution < -0.4 is 10.1 Å². The lowest BCUT2D eigenvalue weighted by Crippen LogP contribution is -2.35. The van der Waals surface area contributed by atoms with Crippen LogP contribution in [0.1, 0.15) is 18.1 Å². The van der Waals surface area contributed by atoms with Crippen molar-refractivity contribution in [3.8, 4) is 5.75 Å². The summed E-state index contributed by atoms with van der Waals surface area (Å²) < 4.78 is 5.51. The summed E-state index contributed by atoms with van der Waals surface area (Å²) in [7, 11) is 0. The Labute approximate surface area is 157 Å². The van der Waals surface area contributed by atoms with Crippen molar-refractivity contribution in [2.45, 2.75) is 19.8 Å². The quantitative estimate of drug-likeness (QED) is 0.704. The predicted octanol–water partition coefficient (Wildman–Crippen LogP) is 3.34.